The van der Waals surface area contributed by atoms with E-state index in [2.05, 4.69) is 0 Å². The van der Waals surface area contributed by atoms with Gasteiger partial charge in [-0.2, -0.15) is 0 Å². The van der Waals surface area contributed by atoms with E-state index in [-0.39, 0.29) is 5.82 Å². The summed E-state index contributed by atoms with van der Waals surface area (Å²) in [6.07, 6.45) is 1.64. The van der Waals surface area contributed by atoms with Crippen molar-refractivity contribution in [2.45, 2.75) is 5.79 Å². The number of hydrogen-bond donors (Lipinski definition) is 1. The summed E-state index contributed by atoms with van der Waals surface area (Å²) in [4.78, 5) is 0. The molecule has 0 saturated carbocycles. The van der Waals surface area contributed by atoms with Crippen LogP contribution in [-0.4, -0.2) is 5.11 Å². The van der Waals surface area contributed by atoms with Gasteiger partial charge in [0.2, 0.25) is 0 Å². The predicted octanol–water partition coefficient (Wildman–Crippen LogP) is 4.50. The van der Waals surface area contributed by atoms with E-state index < -0.39 is 5.79 Å². The highest BCUT2D eigenvalue weighted by Gasteiger charge is 2.35. The number of halogens is 1. The molecule has 0 bridgehead atoms. The zero-order valence-corrected chi connectivity index (χ0v) is 12.8. The van der Waals surface area contributed by atoms with Crippen LogP contribution in [-0.2, 0) is 5.79 Å². The quantitative estimate of drug-likeness (QED) is 0.754. The van der Waals surface area contributed by atoms with Crippen molar-refractivity contribution in [3.05, 3.63) is 107 Å². The van der Waals surface area contributed by atoms with Gasteiger partial charge in [-0.15, -0.1) is 0 Å². The van der Waals surface area contributed by atoms with E-state index in [1.165, 1.54) is 12.1 Å². The first kappa shape index (κ1) is 14.7. The maximum atomic E-state index is 13.8. The summed E-state index contributed by atoms with van der Waals surface area (Å²) in [7, 11) is 0. The number of rotatable bonds is 2. The Labute approximate surface area is 139 Å². The summed E-state index contributed by atoms with van der Waals surface area (Å²) in [5, 5.41) is 11.1. The zero-order valence-electron chi connectivity index (χ0n) is 12.8. The van der Waals surface area contributed by atoms with Crippen molar-refractivity contribution in [3.8, 4) is 5.75 Å². The summed E-state index contributed by atoms with van der Waals surface area (Å²) in [6, 6.07) is 23.1. The van der Waals surface area contributed by atoms with Crippen molar-refractivity contribution in [2.75, 3.05) is 0 Å². The van der Waals surface area contributed by atoms with Crippen LogP contribution in [0.5, 0.6) is 5.75 Å². The van der Waals surface area contributed by atoms with Crippen molar-refractivity contribution in [1.29, 1.82) is 0 Å². The van der Waals surface area contributed by atoms with Crippen LogP contribution in [0.4, 0.5) is 4.39 Å². The number of hydrogen-bond acceptors (Lipinski definition) is 2. The SMILES string of the molecule is OC1(c2ccccc2)C=C(c2ccccc2)c2cc(F)ccc2O1. The van der Waals surface area contributed by atoms with Crippen molar-refractivity contribution in [2.24, 2.45) is 0 Å². The molecule has 24 heavy (non-hydrogen) atoms. The molecule has 1 heterocycles. The Kier molecular flexibility index (Phi) is 3.44. The lowest BCUT2D eigenvalue weighted by Gasteiger charge is -2.33. The van der Waals surface area contributed by atoms with Gasteiger partial charge in [-0.1, -0.05) is 60.7 Å². The van der Waals surface area contributed by atoms with E-state index in [9.17, 15) is 9.50 Å². The topological polar surface area (TPSA) is 29.5 Å². The Morgan fingerprint density at radius 2 is 1.50 bits per heavy atom. The minimum atomic E-state index is -1.60. The first-order valence-corrected chi connectivity index (χ1v) is 7.71. The van der Waals surface area contributed by atoms with Gasteiger partial charge in [0.05, 0.1) is 0 Å². The van der Waals surface area contributed by atoms with Crippen LogP contribution in [0.1, 0.15) is 16.7 Å². The Bertz CT molecular complexity index is 904. The fourth-order valence-corrected chi connectivity index (χ4v) is 2.95. The fourth-order valence-electron chi connectivity index (χ4n) is 2.95. The standard InChI is InChI=1S/C21H15FO2/c22-17-11-12-20-18(13-17)19(15-7-3-1-4-8-15)14-21(23,24-20)16-9-5-2-6-10-16/h1-14,23H. The van der Waals surface area contributed by atoms with Crippen LogP contribution >= 0.6 is 0 Å². The lowest BCUT2D eigenvalue weighted by atomic mass is 9.90. The molecule has 0 spiro atoms. The largest absolute Gasteiger partial charge is 0.454 e. The summed E-state index contributed by atoms with van der Waals surface area (Å²) in [5.74, 6) is -1.49. The van der Waals surface area contributed by atoms with E-state index in [0.29, 0.717) is 16.9 Å². The maximum absolute atomic E-state index is 13.8. The number of fused-ring (bicyclic) bond motifs is 1. The first-order chi connectivity index (χ1) is 11.7. The van der Waals surface area contributed by atoms with E-state index in [1.54, 1.807) is 24.3 Å². The van der Waals surface area contributed by atoms with Crippen molar-refractivity contribution < 1.29 is 14.2 Å². The van der Waals surface area contributed by atoms with Gasteiger partial charge in [-0.3, -0.25) is 0 Å². The molecule has 1 atom stereocenters. The Morgan fingerprint density at radius 3 is 2.21 bits per heavy atom. The molecule has 2 nitrogen and oxygen atoms in total. The third-order valence-corrected chi connectivity index (χ3v) is 4.11. The van der Waals surface area contributed by atoms with Gasteiger partial charge in [-0.25, -0.2) is 4.39 Å². The summed E-state index contributed by atoms with van der Waals surface area (Å²) in [5.41, 5.74) is 2.87. The maximum Gasteiger partial charge on any atom is 0.255 e. The normalized spacial score (nSPS) is 19.2. The fraction of sp³-hybridized carbons (Fsp3) is 0.0476. The molecule has 0 fully saturated rings. The van der Waals surface area contributed by atoms with Gasteiger partial charge < -0.3 is 9.84 Å². The van der Waals surface area contributed by atoms with Crippen LogP contribution in [0.3, 0.4) is 0 Å². The van der Waals surface area contributed by atoms with Crippen LogP contribution in [0, 0.1) is 5.82 Å². The average molecular weight is 318 g/mol. The molecular weight excluding hydrogens is 303 g/mol. The molecule has 118 valence electrons. The molecule has 4 rings (SSSR count). The highest BCUT2D eigenvalue weighted by molar-refractivity contribution is 5.84. The summed E-state index contributed by atoms with van der Waals surface area (Å²) in [6.45, 7) is 0. The lowest BCUT2D eigenvalue weighted by molar-refractivity contribution is -0.103. The monoisotopic (exact) mass is 318 g/mol. The third kappa shape index (κ3) is 2.49. The Balaban J connectivity index is 1.94. The summed E-state index contributed by atoms with van der Waals surface area (Å²) < 4.78 is 19.6. The average Bonchev–Trinajstić information content (AvgIpc) is 2.63. The Morgan fingerprint density at radius 1 is 0.833 bits per heavy atom. The number of ether oxygens (including phenoxy) is 1. The lowest BCUT2D eigenvalue weighted by Crippen LogP contribution is -2.33. The second-order valence-electron chi connectivity index (χ2n) is 5.73. The number of aliphatic hydroxyl groups is 1. The molecule has 1 aliphatic heterocycles. The van der Waals surface area contributed by atoms with E-state index >= 15 is 0 Å². The second kappa shape index (κ2) is 5.62. The highest BCUT2D eigenvalue weighted by atomic mass is 19.1. The molecule has 0 aliphatic carbocycles. The third-order valence-electron chi connectivity index (χ3n) is 4.11. The van der Waals surface area contributed by atoms with Crippen molar-refractivity contribution in [3.63, 3.8) is 0 Å². The Hall–Kier alpha value is -2.91. The molecule has 0 aromatic heterocycles. The highest BCUT2D eigenvalue weighted by Crippen LogP contribution is 2.42. The molecule has 1 aliphatic rings. The van der Waals surface area contributed by atoms with Gasteiger partial charge >= 0.3 is 0 Å². The van der Waals surface area contributed by atoms with E-state index in [4.69, 9.17) is 4.74 Å². The second-order valence-corrected chi connectivity index (χ2v) is 5.73. The van der Waals surface area contributed by atoms with E-state index in [1.807, 2.05) is 48.5 Å². The molecule has 3 aromatic rings. The molecular formula is C21H15FO2. The van der Waals surface area contributed by atoms with Crippen molar-refractivity contribution >= 4 is 5.57 Å². The number of benzene rings is 3. The van der Waals surface area contributed by atoms with Crippen LogP contribution in [0.25, 0.3) is 5.57 Å². The molecule has 0 amide bonds. The van der Waals surface area contributed by atoms with Gasteiger partial charge in [0.25, 0.3) is 5.79 Å². The summed E-state index contributed by atoms with van der Waals surface area (Å²) >= 11 is 0. The molecule has 1 unspecified atom stereocenters. The van der Waals surface area contributed by atoms with Gasteiger partial charge in [0, 0.05) is 17.2 Å². The van der Waals surface area contributed by atoms with Crippen molar-refractivity contribution in [1.82, 2.24) is 0 Å². The van der Waals surface area contributed by atoms with Gasteiger partial charge in [0.15, 0.2) is 0 Å². The minimum absolute atomic E-state index is 0.343. The minimum Gasteiger partial charge on any atom is -0.454 e. The molecule has 3 aromatic carbocycles. The smallest absolute Gasteiger partial charge is 0.255 e. The van der Waals surface area contributed by atoms with Crippen LogP contribution in [0.2, 0.25) is 0 Å². The van der Waals surface area contributed by atoms with Gasteiger partial charge in [-0.05, 0) is 29.3 Å². The van der Waals surface area contributed by atoms with Crippen LogP contribution < -0.4 is 4.74 Å². The first-order valence-electron chi connectivity index (χ1n) is 7.71. The molecule has 1 N–H and O–H groups in total. The zero-order chi connectivity index (χ0) is 16.6. The van der Waals surface area contributed by atoms with Gasteiger partial charge in [0.1, 0.15) is 11.6 Å². The van der Waals surface area contributed by atoms with Crippen LogP contribution in [0.15, 0.2) is 84.9 Å². The van der Waals surface area contributed by atoms with E-state index in [0.717, 1.165) is 11.1 Å². The molecule has 0 saturated heterocycles. The predicted molar refractivity (Wildman–Crippen MR) is 90.9 cm³/mol. The molecule has 3 heteroatoms. The molecule has 0 radical (unpaired) electrons.